The van der Waals surface area contributed by atoms with Crippen LogP contribution in [0.3, 0.4) is 0 Å². The van der Waals surface area contributed by atoms with E-state index in [1.807, 2.05) is 19.1 Å². The average Bonchev–Trinajstić information content (AvgIpc) is 3.28. The summed E-state index contributed by atoms with van der Waals surface area (Å²) >= 11 is 0. The first-order valence-electron chi connectivity index (χ1n) is 24.3. The molecule has 2 rings (SSSR count). The Hall–Kier alpha value is -2.45. The van der Waals surface area contributed by atoms with Crippen LogP contribution in [-0.2, 0) is 46.6 Å². The van der Waals surface area contributed by atoms with E-state index in [-0.39, 0.29) is 38.5 Å². The van der Waals surface area contributed by atoms with Crippen molar-refractivity contribution < 1.29 is 91.9 Å². The molecule has 0 spiro atoms. The SMILES string of the molecule is CCCCC/C=C\C/C=C\C/C=C\CCCCC(=O)OC[C@@H]1COP(=O)(O)O[C@H]2[C@H](O)[C@@H](O)[C@H](O)[C@@H](CCCCCCC(=O)O1)C(=O)C[C@@H](O)[C@H](C=C[C@@H](O)CCCCC)[C@@H](O)[C@H]2OP(=O)(O)O. The highest BCUT2D eigenvalue weighted by Gasteiger charge is 2.51. The summed E-state index contributed by atoms with van der Waals surface area (Å²) in [6, 6.07) is 0. The van der Waals surface area contributed by atoms with E-state index < -0.39 is 120 Å². The predicted octanol–water partition coefficient (Wildman–Crippen LogP) is 5.87. The van der Waals surface area contributed by atoms with Crippen molar-refractivity contribution in [2.45, 2.75) is 204 Å². The van der Waals surface area contributed by atoms with Crippen LogP contribution < -0.4 is 0 Å². The van der Waals surface area contributed by atoms with E-state index in [1.54, 1.807) is 0 Å². The molecule has 0 amide bonds. The average molecular weight is 1010 g/mol. The standard InChI is InChI=1S/C47H80O19P2/c1-3-5-7-8-9-10-11-12-13-14-15-16-17-18-23-27-40(51)62-32-35-33-63-68(60,61)66-47-45(56)44(55)42(53)36(26-22-19-20-24-28-41(52)64-35)38(49)31-39(50)37(30-29-34(48)25-21-6-4-2)43(54)46(47)65-67(57,58)59/h9-10,12-13,15-16,29-30,34-37,39,42-48,50,53-56H,3-8,11,14,17-28,31-33H2,1-2H3,(H,60,61)(H2,57,58,59)/b10-9-,13-12-,16-15-,30-29?/t34-,35+,36-,37-,39+,42+,43+,44-,45+,46+,47-/m0/s1. The van der Waals surface area contributed by atoms with Crippen LogP contribution in [0.1, 0.15) is 149 Å². The number of carbonyl (C=O) groups is 3. The molecule has 0 aromatic rings. The summed E-state index contributed by atoms with van der Waals surface area (Å²) < 4.78 is 52.1. The second kappa shape index (κ2) is 34.0. The van der Waals surface area contributed by atoms with Gasteiger partial charge in [0.2, 0.25) is 0 Å². The maximum atomic E-state index is 13.7. The van der Waals surface area contributed by atoms with E-state index in [1.165, 1.54) is 25.3 Å². The van der Waals surface area contributed by atoms with Crippen molar-refractivity contribution in [2.75, 3.05) is 13.2 Å². The van der Waals surface area contributed by atoms with Crippen LogP contribution in [-0.4, -0.2) is 131 Å². The first-order valence-corrected chi connectivity index (χ1v) is 27.3. The highest BCUT2D eigenvalue weighted by molar-refractivity contribution is 7.47. The van der Waals surface area contributed by atoms with E-state index in [9.17, 15) is 68.8 Å². The number of phosphoric acid groups is 2. The van der Waals surface area contributed by atoms with Gasteiger partial charge in [0.05, 0.1) is 31.0 Å². The van der Waals surface area contributed by atoms with Crippen LogP contribution in [0.15, 0.2) is 48.6 Å². The van der Waals surface area contributed by atoms with Crippen LogP contribution in [0.25, 0.3) is 0 Å². The first-order chi connectivity index (χ1) is 32.3. The number of fused-ring (bicyclic) bond motifs is 4. The fourth-order valence-corrected chi connectivity index (χ4v) is 9.41. The van der Waals surface area contributed by atoms with Crippen molar-refractivity contribution in [1.29, 1.82) is 0 Å². The third-order valence-corrected chi connectivity index (χ3v) is 13.3. The molecule has 1 aliphatic carbocycles. The smallest absolute Gasteiger partial charge is 0.462 e. The van der Waals surface area contributed by atoms with Gasteiger partial charge >= 0.3 is 27.6 Å². The van der Waals surface area contributed by atoms with Gasteiger partial charge in [0.25, 0.3) is 0 Å². The van der Waals surface area contributed by atoms with Gasteiger partial charge in [-0.25, -0.2) is 9.13 Å². The van der Waals surface area contributed by atoms with Gasteiger partial charge in [-0.2, -0.15) is 0 Å². The van der Waals surface area contributed by atoms with E-state index in [4.69, 9.17) is 23.0 Å². The van der Waals surface area contributed by atoms with Crippen molar-refractivity contribution in [3.63, 3.8) is 0 Å². The fraction of sp³-hybridized carbons (Fsp3) is 0.766. The maximum Gasteiger partial charge on any atom is 0.472 e. The van der Waals surface area contributed by atoms with Gasteiger partial charge in [-0.15, -0.1) is 0 Å². The summed E-state index contributed by atoms with van der Waals surface area (Å²) in [5.41, 5.74) is 0. The van der Waals surface area contributed by atoms with Crippen molar-refractivity contribution >= 4 is 33.4 Å². The molecule has 21 heteroatoms. The summed E-state index contributed by atoms with van der Waals surface area (Å²) in [5, 5.41) is 68.1. The molecule has 0 aromatic carbocycles. The molecule has 2 aliphatic rings. The number of aliphatic hydroxyl groups excluding tert-OH is 6. The topological polar surface area (TPSA) is 314 Å². The zero-order chi connectivity index (χ0) is 50.5. The number of cyclic esters (lactones) is 1. The molecule has 0 aromatic heterocycles. The molecule has 1 aliphatic heterocycles. The Balaban J connectivity index is 2.33. The van der Waals surface area contributed by atoms with Gasteiger partial charge in [-0.05, 0) is 64.2 Å². The summed E-state index contributed by atoms with van der Waals surface area (Å²) in [5.74, 6) is -5.52. The molecule has 2 fully saturated rings. The molecule has 9 N–H and O–H groups in total. The highest BCUT2D eigenvalue weighted by Crippen LogP contribution is 2.49. The minimum atomic E-state index is -5.78. The van der Waals surface area contributed by atoms with Gasteiger partial charge in [0, 0.05) is 31.1 Å². The van der Waals surface area contributed by atoms with E-state index >= 15 is 0 Å². The summed E-state index contributed by atoms with van der Waals surface area (Å²) in [4.78, 5) is 70.4. The lowest BCUT2D eigenvalue weighted by Crippen LogP contribution is -2.56. The summed E-state index contributed by atoms with van der Waals surface area (Å²) in [7, 11) is -11.5. The molecule has 1 saturated heterocycles. The number of allylic oxidation sites excluding steroid dienone is 6. The minimum Gasteiger partial charge on any atom is -0.462 e. The molecule has 1 saturated carbocycles. The Morgan fingerprint density at radius 2 is 1.44 bits per heavy atom. The van der Waals surface area contributed by atoms with E-state index in [0.717, 1.165) is 44.6 Å². The zero-order valence-corrected chi connectivity index (χ0v) is 41.5. The van der Waals surface area contributed by atoms with Crippen LogP contribution in [0, 0.1) is 11.8 Å². The van der Waals surface area contributed by atoms with Crippen LogP contribution >= 0.6 is 15.6 Å². The highest BCUT2D eigenvalue weighted by atomic mass is 31.2. The van der Waals surface area contributed by atoms with Gasteiger partial charge in [0.1, 0.15) is 36.8 Å². The number of Topliss-reactive ketones (excluding diaryl/α,β-unsaturated/α-hetero) is 1. The fourth-order valence-electron chi connectivity index (χ4n) is 7.88. The summed E-state index contributed by atoms with van der Waals surface area (Å²) in [6.07, 6.45) is 6.24. The molecule has 68 heavy (non-hydrogen) atoms. The molecular formula is C47H80O19P2. The van der Waals surface area contributed by atoms with Crippen LogP contribution in [0.2, 0.25) is 0 Å². The predicted molar refractivity (Wildman–Crippen MR) is 251 cm³/mol. The lowest BCUT2D eigenvalue weighted by Gasteiger charge is -2.38. The second-order valence-electron chi connectivity index (χ2n) is 17.6. The molecule has 12 atom stereocenters. The Kier molecular flexibility index (Phi) is 30.8. The molecule has 392 valence electrons. The Morgan fingerprint density at radius 1 is 0.824 bits per heavy atom. The third kappa shape index (κ3) is 25.6. The quantitative estimate of drug-likeness (QED) is 0.0250. The number of rotatable bonds is 23. The number of ketones is 1. The lowest BCUT2D eigenvalue weighted by atomic mass is 9.83. The van der Waals surface area contributed by atoms with Crippen molar-refractivity contribution in [1.82, 2.24) is 0 Å². The number of hydrogen-bond donors (Lipinski definition) is 9. The second-order valence-corrected chi connectivity index (χ2v) is 20.2. The van der Waals surface area contributed by atoms with Crippen molar-refractivity contribution in [3.8, 4) is 0 Å². The number of unbranched alkanes of at least 4 members (excludes halogenated alkanes) is 7. The van der Waals surface area contributed by atoms with Crippen LogP contribution in [0.4, 0.5) is 0 Å². The van der Waals surface area contributed by atoms with Gasteiger partial charge in [-0.3, -0.25) is 28.0 Å². The number of carbonyl (C=O) groups excluding carboxylic acids is 3. The lowest BCUT2D eigenvalue weighted by molar-refractivity contribution is -0.165. The molecule has 2 bridgehead atoms. The number of aliphatic hydroxyl groups is 6. The van der Waals surface area contributed by atoms with E-state index in [0.29, 0.717) is 32.1 Å². The third-order valence-electron chi connectivity index (χ3n) is 11.8. The summed E-state index contributed by atoms with van der Waals surface area (Å²) in [6.45, 7) is 2.51. The van der Waals surface area contributed by atoms with Gasteiger partial charge < -0.3 is 54.8 Å². The number of phosphoric ester groups is 2. The number of esters is 2. The molecular weight excluding hydrogens is 930 g/mol. The molecule has 0 radical (unpaired) electrons. The van der Waals surface area contributed by atoms with Crippen LogP contribution in [0.5, 0.6) is 0 Å². The first kappa shape index (κ1) is 61.7. The normalized spacial score (nSPS) is 30.8. The minimum absolute atomic E-state index is 0.00758. The van der Waals surface area contributed by atoms with Gasteiger partial charge in [-0.1, -0.05) is 114 Å². The molecule has 19 nitrogen and oxygen atoms in total. The van der Waals surface area contributed by atoms with Gasteiger partial charge in [0.15, 0.2) is 6.10 Å². The largest absolute Gasteiger partial charge is 0.472 e. The van der Waals surface area contributed by atoms with Crippen molar-refractivity contribution in [3.05, 3.63) is 48.6 Å². The monoisotopic (exact) mass is 1010 g/mol. The Bertz CT molecular complexity index is 1670. The Morgan fingerprint density at radius 3 is 2.09 bits per heavy atom. The molecule has 1 heterocycles. The molecule has 1 unspecified atom stereocenters. The number of ether oxygens (including phenoxy) is 2. The maximum absolute atomic E-state index is 13.7. The van der Waals surface area contributed by atoms with E-state index in [2.05, 4.69) is 31.2 Å². The Labute approximate surface area is 401 Å². The zero-order valence-electron chi connectivity index (χ0n) is 39.7. The van der Waals surface area contributed by atoms with Crippen molar-refractivity contribution in [2.24, 2.45) is 11.8 Å². The number of hydrogen-bond acceptors (Lipinski definition) is 16.